The Bertz CT molecular complexity index is 664. The first-order valence-corrected chi connectivity index (χ1v) is 6.33. The third-order valence-electron chi connectivity index (χ3n) is 3.77. The molecule has 1 unspecified atom stereocenters. The Morgan fingerprint density at radius 1 is 1.20 bits per heavy atom. The number of allylic oxidation sites excluding steroid dienone is 4. The van der Waals surface area contributed by atoms with Crippen LogP contribution in [0.1, 0.15) is 18.9 Å². The smallest absolute Gasteiger partial charge is 0.180 e. The Hall–Kier alpha value is -2.49. The summed E-state index contributed by atoms with van der Waals surface area (Å²) in [5.74, 6) is 0.678. The van der Waals surface area contributed by atoms with Crippen LogP contribution in [0.15, 0.2) is 54.2 Å². The van der Waals surface area contributed by atoms with Gasteiger partial charge in [-0.3, -0.25) is 4.79 Å². The number of aliphatic hydroxyl groups excluding tert-OH is 1. The van der Waals surface area contributed by atoms with Crippen LogP contribution in [0.5, 0.6) is 5.75 Å². The van der Waals surface area contributed by atoms with Crippen molar-refractivity contribution in [3.8, 4) is 5.75 Å². The molecule has 3 rings (SSSR count). The number of benzene rings is 1. The molecule has 1 aliphatic heterocycles. The van der Waals surface area contributed by atoms with E-state index in [1.165, 1.54) is 24.5 Å². The number of ketones is 1. The maximum Gasteiger partial charge on any atom is 0.180 e. The standard InChI is InChI=1S/C16H14O4/c1-16-7-6-12(18)8-14(16)20-9-13(15(16)19)10-2-4-11(17)5-3-10/h2-6,8-9,17-18H,7H2,1H3. The van der Waals surface area contributed by atoms with Crippen LogP contribution in [0, 0.1) is 5.41 Å². The second-order valence-electron chi connectivity index (χ2n) is 5.20. The minimum absolute atomic E-state index is 0.0514. The Morgan fingerprint density at radius 2 is 1.90 bits per heavy atom. The number of Topliss-reactive ketones (excluding diaryl/α,β-unsaturated/α-hetero) is 1. The van der Waals surface area contributed by atoms with E-state index in [-0.39, 0.29) is 17.3 Å². The molecule has 1 atom stereocenters. The summed E-state index contributed by atoms with van der Waals surface area (Å²) in [6.45, 7) is 1.80. The maximum absolute atomic E-state index is 12.7. The number of ether oxygens (including phenoxy) is 1. The number of aliphatic hydroxyl groups is 1. The van der Waals surface area contributed by atoms with Crippen LogP contribution in [-0.4, -0.2) is 16.0 Å². The molecule has 0 saturated carbocycles. The number of aromatic hydroxyl groups is 1. The van der Waals surface area contributed by atoms with Crippen molar-refractivity contribution < 1.29 is 19.7 Å². The Labute approximate surface area is 116 Å². The lowest BCUT2D eigenvalue weighted by atomic mass is 9.73. The molecule has 0 fully saturated rings. The predicted molar refractivity (Wildman–Crippen MR) is 73.7 cm³/mol. The highest BCUT2D eigenvalue weighted by Gasteiger charge is 2.44. The van der Waals surface area contributed by atoms with Gasteiger partial charge in [-0.25, -0.2) is 0 Å². The summed E-state index contributed by atoms with van der Waals surface area (Å²) in [6.07, 6.45) is 4.90. The molecule has 1 aliphatic carbocycles. The van der Waals surface area contributed by atoms with E-state index in [1.807, 2.05) is 0 Å². The van der Waals surface area contributed by atoms with Crippen molar-refractivity contribution in [2.24, 2.45) is 5.41 Å². The summed E-state index contributed by atoms with van der Waals surface area (Å²) >= 11 is 0. The van der Waals surface area contributed by atoms with Crippen LogP contribution >= 0.6 is 0 Å². The SMILES string of the molecule is CC12CC=C(O)C=C1OC=C(c1ccc(O)cc1)C2=O. The number of rotatable bonds is 1. The highest BCUT2D eigenvalue weighted by atomic mass is 16.5. The van der Waals surface area contributed by atoms with Gasteiger partial charge in [0.15, 0.2) is 5.78 Å². The fourth-order valence-electron chi connectivity index (χ4n) is 2.44. The van der Waals surface area contributed by atoms with Crippen LogP contribution in [0.2, 0.25) is 0 Å². The van der Waals surface area contributed by atoms with Crippen molar-refractivity contribution in [3.05, 3.63) is 59.8 Å². The van der Waals surface area contributed by atoms with Crippen LogP contribution in [0.4, 0.5) is 0 Å². The molecule has 1 heterocycles. The zero-order chi connectivity index (χ0) is 14.3. The minimum Gasteiger partial charge on any atom is -0.508 e. The van der Waals surface area contributed by atoms with Crippen molar-refractivity contribution >= 4 is 11.4 Å². The van der Waals surface area contributed by atoms with E-state index in [0.717, 1.165) is 0 Å². The normalized spacial score (nSPS) is 25.1. The summed E-state index contributed by atoms with van der Waals surface area (Å²) in [5.41, 5.74) is 0.389. The van der Waals surface area contributed by atoms with E-state index in [9.17, 15) is 15.0 Å². The van der Waals surface area contributed by atoms with Gasteiger partial charge in [-0.05, 0) is 37.1 Å². The zero-order valence-corrected chi connectivity index (χ0v) is 11.0. The van der Waals surface area contributed by atoms with Crippen molar-refractivity contribution in [2.75, 3.05) is 0 Å². The molecule has 4 heteroatoms. The Morgan fingerprint density at radius 3 is 2.60 bits per heavy atom. The van der Waals surface area contributed by atoms with Gasteiger partial charge in [0.1, 0.15) is 23.5 Å². The number of carbonyl (C=O) groups excluding carboxylic acids is 1. The predicted octanol–water partition coefficient (Wildman–Crippen LogP) is 3.07. The average molecular weight is 270 g/mol. The zero-order valence-electron chi connectivity index (χ0n) is 11.0. The fraction of sp³-hybridized carbons (Fsp3) is 0.188. The molecular weight excluding hydrogens is 256 g/mol. The number of hydrogen-bond donors (Lipinski definition) is 2. The first-order chi connectivity index (χ1) is 9.50. The van der Waals surface area contributed by atoms with Crippen LogP contribution in [0.25, 0.3) is 5.57 Å². The van der Waals surface area contributed by atoms with E-state index in [2.05, 4.69) is 0 Å². The number of phenols is 1. The van der Waals surface area contributed by atoms with Gasteiger partial charge < -0.3 is 14.9 Å². The van der Waals surface area contributed by atoms with Gasteiger partial charge in [-0.15, -0.1) is 0 Å². The molecule has 1 aromatic carbocycles. The monoisotopic (exact) mass is 270 g/mol. The molecule has 0 aromatic heterocycles. The summed E-state index contributed by atoms with van der Waals surface area (Å²) in [7, 11) is 0. The lowest BCUT2D eigenvalue weighted by molar-refractivity contribution is -0.122. The van der Waals surface area contributed by atoms with E-state index in [4.69, 9.17) is 4.74 Å². The topological polar surface area (TPSA) is 66.8 Å². The van der Waals surface area contributed by atoms with E-state index < -0.39 is 5.41 Å². The van der Waals surface area contributed by atoms with Gasteiger partial charge in [0.2, 0.25) is 0 Å². The van der Waals surface area contributed by atoms with Crippen molar-refractivity contribution in [1.82, 2.24) is 0 Å². The van der Waals surface area contributed by atoms with Gasteiger partial charge in [0.05, 0.1) is 11.0 Å². The summed E-state index contributed by atoms with van der Waals surface area (Å²) in [6, 6.07) is 6.42. The quantitative estimate of drug-likeness (QED) is 0.823. The molecule has 0 amide bonds. The molecule has 0 bridgehead atoms. The van der Waals surface area contributed by atoms with Gasteiger partial charge in [-0.1, -0.05) is 12.1 Å². The lowest BCUT2D eigenvalue weighted by Crippen LogP contribution is -2.35. The molecule has 1 aromatic rings. The molecule has 102 valence electrons. The van der Waals surface area contributed by atoms with Crippen LogP contribution in [0.3, 0.4) is 0 Å². The Balaban J connectivity index is 2.03. The van der Waals surface area contributed by atoms with Crippen LogP contribution in [-0.2, 0) is 9.53 Å². The molecule has 20 heavy (non-hydrogen) atoms. The first-order valence-electron chi connectivity index (χ1n) is 6.33. The van der Waals surface area contributed by atoms with Crippen molar-refractivity contribution in [1.29, 1.82) is 0 Å². The molecule has 2 aliphatic rings. The van der Waals surface area contributed by atoms with E-state index >= 15 is 0 Å². The average Bonchev–Trinajstić information content (AvgIpc) is 2.43. The van der Waals surface area contributed by atoms with E-state index in [0.29, 0.717) is 23.3 Å². The number of fused-ring (bicyclic) bond motifs is 1. The fourth-order valence-corrected chi connectivity index (χ4v) is 2.44. The second kappa shape index (κ2) is 4.27. The molecule has 0 radical (unpaired) electrons. The van der Waals surface area contributed by atoms with Crippen molar-refractivity contribution in [2.45, 2.75) is 13.3 Å². The van der Waals surface area contributed by atoms with Crippen LogP contribution < -0.4 is 0 Å². The second-order valence-corrected chi connectivity index (χ2v) is 5.20. The molecule has 0 spiro atoms. The van der Waals surface area contributed by atoms with Gasteiger partial charge in [0, 0.05) is 6.08 Å². The van der Waals surface area contributed by atoms with Gasteiger partial charge in [-0.2, -0.15) is 0 Å². The largest absolute Gasteiger partial charge is 0.508 e. The number of phenolic OH excluding ortho intramolecular Hbond substituents is 1. The molecule has 0 saturated heterocycles. The first kappa shape index (κ1) is 12.5. The molecule has 4 nitrogen and oxygen atoms in total. The number of hydrogen-bond acceptors (Lipinski definition) is 4. The highest BCUT2D eigenvalue weighted by Crippen LogP contribution is 2.44. The van der Waals surface area contributed by atoms with Crippen molar-refractivity contribution in [3.63, 3.8) is 0 Å². The summed E-state index contributed by atoms with van der Waals surface area (Å²) < 4.78 is 5.54. The summed E-state index contributed by atoms with van der Waals surface area (Å²) in [4.78, 5) is 12.7. The minimum atomic E-state index is -0.784. The van der Waals surface area contributed by atoms with E-state index in [1.54, 1.807) is 25.1 Å². The third kappa shape index (κ3) is 1.81. The third-order valence-corrected chi connectivity index (χ3v) is 3.77. The summed E-state index contributed by atoms with van der Waals surface area (Å²) in [5, 5.41) is 18.8. The number of carbonyl (C=O) groups is 1. The van der Waals surface area contributed by atoms with Gasteiger partial charge >= 0.3 is 0 Å². The maximum atomic E-state index is 12.7. The highest BCUT2D eigenvalue weighted by molar-refractivity contribution is 6.24. The lowest BCUT2D eigenvalue weighted by Gasteiger charge is -2.35. The van der Waals surface area contributed by atoms with Gasteiger partial charge in [0.25, 0.3) is 0 Å². The molecule has 2 N–H and O–H groups in total. The Kier molecular flexibility index (Phi) is 2.67. The molecular formula is C16H14O4.